The van der Waals surface area contributed by atoms with Crippen molar-refractivity contribution in [1.82, 2.24) is 14.6 Å². The van der Waals surface area contributed by atoms with Crippen LogP contribution in [0.4, 0.5) is 5.69 Å². The molecule has 118 valence electrons. The van der Waals surface area contributed by atoms with Crippen LogP contribution in [0.25, 0.3) is 5.65 Å². The molecule has 1 amide bonds. The molecule has 3 rings (SSSR count). The first-order valence-corrected chi connectivity index (χ1v) is 7.48. The Morgan fingerprint density at radius 1 is 1.22 bits per heavy atom. The van der Waals surface area contributed by atoms with E-state index in [4.69, 9.17) is 4.74 Å². The van der Waals surface area contributed by atoms with E-state index in [1.807, 2.05) is 31.2 Å². The van der Waals surface area contributed by atoms with Crippen molar-refractivity contribution in [2.75, 3.05) is 11.9 Å². The Bertz CT molecular complexity index is 824. The number of hydrogen-bond donors (Lipinski definition) is 1. The molecule has 0 saturated heterocycles. The first kappa shape index (κ1) is 15.0. The summed E-state index contributed by atoms with van der Waals surface area (Å²) in [5, 5.41) is 7.00. The minimum absolute atomic E-state index is 0.0418. The lowest BCUT2D eigenvalue weighted by Crippen LogP contribution is -2.20. The molecule has 1 aromatic carbocycles. The Labute approximate surface area is 134 Å². The number of aromatic nitrogens is 3. The highest BCUT2D eigenvalue weighted by molar-refractivity contribution is 5.91. The quantitative estimate of drug-likeness (QED) is 0.786. The van der Waals surface area contributed by atoms with Gasteiger partial charge in [-0.05, 0) is 43.2 Å². The number of nitrogens with zero attached hydrogens (tertiary/aromatic N) is 3. The van der Waals surface area contributed by atoms with E-state index < -0.39 is 0 Å². The van der Waals surface area contributed by atoms with Crippen molar-refractivity contribution >= 4 is 17.2 Å². The highest BCUT2D eigenvalue weighted by Gasteiger charge is 2.06. The first-order chi connectivity index (χ1) is 11.1. The molecular formula is C17H18N4O2. The fourth-order valence-electron chi connectivity index (χ4n) is 2.24. The number of carbonyl (C=O) groups is 1. The molecule has 0 radical (unpaired) electrons. The number of carbonyl (C=O) groups excluding carboxylic acids is 1. The van der Waals surface area contributed by atoms with Gasteiger partial charge in [0.15, 0.2) is 12.3 Å². The molecule has 0 unspecified atom stereocenters. The van der Waals surface area contributed by atoms with Crippen LogP contribution in [0.15, 0.2) is 42.6 Å². The molecule has 1 N–H and O–H groups in total. The Morgan fingerprint density at radius 3 is 2.74 bits per heavy atom. The number of anilines is 1. The number of rotatable bonds is 5. The number of benzene rings is 1. The van der Waals surface area contributed by atoms with Crippen molar-refractivity contribution in [1.29, 1.82) is 0 Å². The molecule has 2 aromatic heterocycles. The second-order valence-electron chi connectivity index (χ2n) is 5.21. The van der Waals surface area contributed by atoms with E-state index in [1.54, 1.807) is 22.8 Å². The zero-order valence-corrected chi connectivity index (χ0v) is 13.1. The zero-order valence-electron chi connectivity index (χ0n) is 13.1. The van der Waals surface area contributed by atoms with Crippen molar-refractivity contribution in [3.63, 3.8) is 0 Å². The lowest BCUT2D eigenvalue weighted by molar-refractivity contribution is -0.118. The number of nitrogens with one attached hydrogen (secondary N) is 1. The summed E-state index contributed by atoms with van der Waals surface area (Å²) in [4.78, 5) is 16.2. The predicted molar refractivity (Wildman–Crippen MR) is 87.7 cm³/mol. The average Bonchev–Trinajstić information content (AvgIpc) is 2.92. The summed E-state index contributed by atoms with van der Waals surface area (Å²) < 4.78 is 7.12. The van der Waals surface area contributed by atoms with E-state index in [0.717, 1.165) is 12.1 Å². The summed E-state index contributed by atoms with van der Waals surface area (Å²) in [7, 11) is 0. The van der Waals surface area contributed by atoms with Gasteiger partial charge in [0.1, 0.15) is 11.6 Å². The van der Waals surface area contributed by atoms with E-state index in [-0.39, 0.29) is 12.5 Å². The maximum atomic E-state index is 12.0. The van der Waals surface area contributed by atoms with Gasteiger partial charge in [0.2, 0.25) is 0 Å². The van der Waals surface area contributed by atoms with Gasteiger partial charge in [0.25, 0.3) is 5.91 Å². The Kier molecular flexibility index (Phi) is 4.23. The minimum atomic E-state index is -0.222. The molecule has 23 heavy (non-hydrogen) atoms. The highest BCUT2D eigenvalue weighted by Crippen LogP contribution is 2.13. The molecule has 6 heteroatoms. The lowest BCUT2D eigenvalue weighted by atomic mass is 10.2. The van der Waals surface area contributed by atoms with E-state index in [1.165, 1.54) is 5.56 Å². The van der Waals surface area contributed by atoms with Crippen LogP contribution in [0.5, 0.6) is 5.75 Å². The Morgan fingerprint density at radius 2 is 2.00 bits per heavy atom. The van der Waals surface area contributed by atoms with Gasteiger partial charge in [0.05, 0.1) is 11.9 Å². The van der Waals surface area contributed by atoms with E-state index in [0.29, 0.717) is 17.3 Å². The van der Waals surface area contributed by atoms with Crippen LogP contribution in [-0.2, 0) is 11.2 Å². The maximum absolute atomic E-state index is 12.0. The molecule has 0 atom stereocenters. The molecule has 0 fully saturated rings. The Hall–Kier alpha value is -2.89. The van der Waals surface area contributed by atoms with Crippen LogP contribution < -0.4 is 10.1 Å². The molecule has 0 bridgehead atoms. The van der Waals surface area contributed by atoms with Gasteiger partial charge in [-0.2, -0.15) is 5.10 Å². The van der Waals surface area contributed by atoms with E-state index in [2.05, 4.69) is 22.3 Å². The summed E-state index contributed by atoms with van der Waals surface area (Å²) in [6.45, 7) is 3.87. The summed E-state index contributed by atoms with van der Waals surface area (Å²) in [5.41, 5.74) is 2.63. The van der Waals surface area contributed by atoms with Gasteiger partial charge >= 0.3 is 0 Å². The monoisotopic (exact) mass is 310 g/mol. The molecule has 3 aromatic rings. The van der Waals surface area contributed by atoms with Gasteiger partial charge < -0.3 is 10.1 Å². The van der Waals surface area contributed by atoms with Crippen molar-refractivity contribution in [2.24, 2.45) is 0 Å². The molecular weight excluding hydrogens is 292 g/mol. The summed E-state index contributed by atoms with van der Waals surface area (Å²) >= 11 is 0. The highest BCUT2D eigenvalue weighted by atomic mass is 16.5. The third-order valence-electron chi connectivity index (χ3n) is 3.42. The molecule has 2 heterocycles. The number of hydrogen-bond acceptors (Lipinski definition) is 4. The number of ether oxygens (including phenoxy) is 1. The van der Waals surface area contributed by atoms with Gasteiger partial charge in [-0.15, -0.1) is 0 Å². The summed E-state index contributed by atoms with van der Waals surface area (Å²) in [5.74, 6) is 1.15. The Balaban J connectivity index is 1.59. The third-order valence-corrected chi connectivity index (χ3v) is 3.42. The number of fused-ring (bicyclic) bond motifs is 1. The first-order valence-electron chi connectivity index (χ1n) is 7.48. The van der Waals surface area contributed by atoms with Crippen LogP contribution in [0.1, 0.15) is 18.3 Å². The molecule has 6 nitrogen and oxygen atoms in total. The van der Waals surface area contributed by atoms with Crippen LogP contribution >= 0.6 is 0 Å². The normalized spacial score (nSPS) is 10.7. The average molecular weight is 310 g/mol. The second-order valence-corrected chi connectivity index (χ2v) is 5.21. The van der Waals surface area contributed by atoms with Gasteiger partial charge in [-0.25, -0.2) is 9.50 Å². The molecule has 0 aliphatic rings. The van der Waals surface area contributed by atoms with Crippen LogP contribution in [0, 0.1) is 6.92 Å². The topological polar surface area (TPSA) is 68.5 Å². The summed E-state index contributed by atoms with van der Waals surface area (Å²) in [6.07, 6.45) is 2.70. The van der Waals surface area contributed by atoms with Crippen molar-refractivity contribution in [2.45, 2.75) is 20.3 Å². The van der Waals surface area contributed by atoms with Crippen molar-refractivity contribution in [3.05, 3.63) is 54.0 Å². The van der Waals surface area contributed by atoms with E-state index in [9.17, 15) is 4.79 Å². The minimum Gasteiger partial charge on any atom is -0.484 e. The summed E-state index contributed by atoms with van der Waals surface area (Å²) in [6, 6.07) is 11.3. The number of amides is 1. The SMILES string of the molecule is CCc1ccc(OCC(=O)Nc2ccc3nc(C)nn3c2)cc1. The van der Waals surface area contributed by atoms with Crippen LogP contribution in [0.3, 0.4) is 0 Å². The molecule has 0 aliphatic carbocycles. The van der Waals surface area contributed by atoms with Gasteiger partial charge in [-0.1, -0.05) is 19.1 Å². The van der Waals surface area contributed by atoms with Gasteiger partial charge in [0, 0.05) is 0 Å². The lowest BCUT2D eigenvalue weighted by Gasteiger charge is -2.08. The molecule has 0 spiro atoms. The molecule has 0 saturated carbocycles. The van der Waals surface area contributed by atoms with Crippen molar-refractivity contribution in [3.8, 4) is 5.75 Å². The zero-order chi connectivity index (χ0) is 16.2. The smallest absolute Gasteiger partial charge is 0.262 e. The van der Waals surface area contributed by atoms with E-state index >= 15 is 0 Å². The standard InChI is InChI=1S/C17H18N4O2/c1-3-13-4-7-15(8-5-13)23-11-17(22)19-14-6-9-16-18-12(2)20-21(16)10-14/h4-10H,3,11H2,1-2H3,(H,19,22). The largest absolute Gasteiger partial charge is 0.484 e. The second kappa shape index (κ2) is 6.48. The molecule has 0 aliphatic heterocycles. The fraction of sp³-hybridized carbons (Fsp3) is 0.235. The maximum Gasteiger partial charge on any atom is 0.262 e. The van der Waals surface area contributed by atoms with Gasteiger partial charge in [-0.3, -0.25) is 4.79 Å². The fourth-order valence-corrected chi connectivity index (χ4v) is 2.24. The van der Waals surface area contributed by atoms with Crippen LogP contribution in [0.2, 0.25) is 0 Å². The predicted octanol–water partition coefficient (Wildman–Crippen LogP) is 2.62. The van der Waals surface area contributed by atoms with Crippen LogP contribution in [-0.4, -0.2) is 27.1 Å². The third kappa shape index (κ3) is 3.66. The number of aryl methyl sites for hydroxylation is 2. The number of pyridine rings is 1. The van der Waals surface area contributed by atoms with Crippen molar-refractivity contribution < 1.29 is 9.53 Å².